The van der Waals surface area contributed by atoms with E-state index in [4.69, 9.17) is 23.2 Å². The summed E-state index contributed by atoms with van der Waals surface area (Å²) < 4.78 is 13.0. The van der Waals surface area contributed by atoms with E-state index in [1.165, 1.54) is 17.8 Å². The number of aromatic amines is 1. The van der Waals surface area contributed by atoms with Gasteiger partial charge in [-0.1, -0.05) is 23.9 Å². The number of hydrogen-bond acceptors (Lipinski definition) is 3. The standard InChI is InChI=1S/C12H10Cl2FN3S/c13-12(14)5-7(12)6-19-11-16-10(17-18-11)8-3-1-2-4-9(8)15/h1-4,7H,5-6H2,(H,16,17,18)/t7-/m0/s1. The molecule has 0 aliphatic heterocycles. The predicted molar refractivity (Wildman–Crippen MR) is 75.0 cm³/mol. The van der Waals surface area contributed by atoms with Gasteiger partial charge in [-0.3, -0.25) is 5.10 Å². The Morgan fingerprint density at radius 3 is 2.84 bits per heavy atom. The van der Waals surface area contributed by atoms with Crippen LogP contribution in [-0.2, 0) is 0 Å². The minimum atomic E-state index is -0.586. The van der Waals surface area contributed by atoms with Gasteiger partial charge in [0.25, 0.3) is 0 Å². The van der Waals surface area contributed by atoms with E-state index in [0.29, 0.717) is 16.5 Å². The number of nitrogens with zero attached hydrogens (tertiary/aromatic N) is 2. The molecule has 0 saturated heterocycles. The quantitative estimate of drug-likeness (QED) is 0.687. The Bertz CT molecular complexity index is 602. The highest BCUT2D eigenvalue weighted by atomic mass is 35.5. The second kappa shape index (κ2) is 4.96. The van der Waals surface area contributed by atoms with E-state index in [-0.39, 0.29) is 11.7 Å². The molecule has 0 bridgehead atoms. The Labute approximate surface area is 123 Å². The van der Waals surface area contributed by atoms with Crippen LogP contribution in [0.5, 0.6) is 0 Å². The smallest absolute Gasteiger partial charge is 0.208 e. The first kappa shape index (κ1) is 13.2. The summed E-state index contributed by atoms with van der Waals surface area (Å²) in [5.41, 5.74) is 0.414. The molecule has 100 valence electrons. The van der Waals surface area contributed by atoms with Crippen molar-refractivity contribution in [2.24, 2.45) is 5.92 Å². The predicted octanol–water partition coefficient (Wildman–Crippen LogP) is 3.90. The number of aromatic nitrogens is 3. The van der Waals surface area contributed by atoms with E-state index in [0.717, 1.165) is 12.2 Å². The number of alkyl halides is 2. The van der Waals surface area contributed by atoms with Gasteiger partial charge in [-0.05, 0) is 18.6 Å². The maximum atomic E-state index is 13.6. The second-order valence-electron chi connectivity index (χ2n) is 4.42. The normalized spacial score (nSPS) is 20.5. The summed E-state index contributed by atoms with van der Waals surface area (Å²) in [6.07, 6.45) is 0.799. The van der Waals surface area contributed by atoms with Crippen LogP contribution in [-0.4, -0.2) is 25.3 Å². The summed E-state index contributed by atoms with van der Waals surface area (Å²) in [6.45, 7) is 0. The molecule has 7 heteroatoms. The van der Waals surface area contributed by atoms with Gasteiger partial charge in [0.05, 0.1) is 5.56 Å². The van der Waals surface area contributed by atoms with Gasteiger partial charge in [0.2, 0.25) is 5.16 Å². The molecule has 0 spiro atoms. The van der Waals surface area contributed by atoms with Gasteiger partial charge in [-0.2, -0.15) is 0 Å². The molecule has 0 unspecified atom stereocenters. The molecule has 1 aromatic heterocycles. The van der Waals surface area contributed by atoms with Crippen LogP contribution >= 0.6 is 35.0 Å². The van der Waals surface area contributed by atoms with Crippen LogP contribution in [0, 0.1) is 11.7 Å². The third-order valence-electron chi connectivity index (χ3n) is 2.96. The van der Waals surface area contributed by atoms with Crippen molar-refractivity contribution in [1.29, 1.82) is 0 Å². The van der Waals surface area contributed by atoms with Crippen LogP contribution in [0.25, 0.3) is 11.4 Å². The van der Waals surface area contributed by atoms with Crippen molar-refractivity contribution in [1.82, 2.24) is 15.2 Å². The molecule has 0 radical (unpaired) electrons. The lowest BCUT2D eigenvalue weighted by Crippen LogP contribution is -1.93. The minimum Gasteiger partial charge on any atom is -0.258 e. The molecule has 1 N–H and O–H groups in total. The average molecular weight is 318 g/mol. The lowest BCUT2D eigenvalue weighted by molar-refractivity contribution is 0.630. The fourth-order valence-electron chi connectivity index (χ4n) is 1.71. The third kappa shape index (κ3) is 2.88. The zero-order valence-corrected chi connectivity index (χ0v) is 12.1. The Hall–Kier alpha value is -0.780. The lowest BCUT2D eigenvalue weighted by atomic mass is 10.2. The minimum absolute atomic E-state index is 0.274. The molecule has 1 saturated carbocycles. The number of halogens is 3. The van der Waals surface area contributed by atoms with E-state index in [1.807, 2.05) is 0 Å². The third-order valence-corrected chi connectivity index (χ3v) is 4.90. The summed E-state index contributed by atoms with van der Waals surface area (Å²) in [5.74, 6) is 1.15. The van der Waals surface area contributed by atoms with Crippen LogP contribution < -0.4 is 0 Å². The fourth-order valence-corrected chi connectivity index (χ4v) is 3.44. The molecule has 3 nitrogen and oxygen atoms in total. The molecule has 1 fully saturated rings. The molecule has 19 heavy (non-hydrogen) atoms. The van der Waals surface area contributed by atoms with E-state index in [9.17, 15) is 4.39 Å². The highest BCUT2D eigenvalue weighted by molar-refractivity contribution is 7.99. The summed E-state index contributed by atoms with van der Waals surface area (Å²) in [7, 11) is 0. The van der Waals surface area contributed by atoms with Crippen molar-refractivity contribution in [2.45, 2.75) is 15.9 Å². The van der Waals surface area contributed by atoms with Crippen molar-refractivity contribution in [2.75, 3.05) is 5.75 Å². The lowest BCUT2D eigenvalue weighted by Gasteiger charge is -1.97. The van der Waals surface area contributed by atoms with Gasteiger partial charge in [-0.25, -0.2) is 9.37 Å². The molecule has 1 aliphatic carbocycles. The average Bonchev–Trinajstić information content (AvgIpc) is 2.79. The number of hydrogen-bond donors (Lipinski definition) is 1. The molecular formula is C12H10Cl2FN3S. The summed E-state index contributed by atoms with van der Waals surface area (Å²) >= 11 is 13.4. The molecule has 2 aromatic rings. The highest BCUT2D eigenvalue weighted by Crippen LogP contribution is 2.54. The number of nitrogens with one attached hydrogen (secondary N) is 1. The SMILES string of the molecule is Fc1ccccc1-c1nc(SC[C@@H]2CC2(Cl)Cl)n[nH]1. The summed E-state index contributed by atoms with van der Waals surface area (Å²) in [6, 6.07) is 6.45. The molecule has 3 rings (SSSR count). The maximum Gasteiger partial charge on any atom is 0.208 e. The topological polar surface area (TPSA) is 41.6 Å². The van der Waals surface area contributed by atoms with E-state index in [2.05, 4.69) is 15.2 Å². The van der Waals surface area contributed by atoms with Gasteiger partial charge in [0.1, 0.15) is 10.2 Å². The van der Waals surface area contributed by atoms with Gasteiger partial charge in [0.15, 0.2) is 5.82 Å². The second-order valence-corrected chi connectivity index (χ2v) is 6.95. The first-order chi connectivity index (χ1) is 9.06. The number of thioether (sulfide) groups is 1. The van der Waals surface area contributed by atoms with Crippen LogP contribution in [0.3, 0.4) is 0 Å². The summed E-state index contributed by atoms with van der Waals surface area (Å²) in [5, 5.41) is 7.37. The van der Waals surface area contributed by atoms with Gasteiger partial charge < -0.3 is 0 Å². The fraction of sp³-hybridized carbons (Fsp3) is 0.333. The molecular weight excluding hydrogens is 308 g/mol. The van der Waals surface area contributed by atoms with Crippen LogP contribution in [0.4, 0.5) is 4.39 Å². The van der Waals surface area contributed by atoms with Gasteiger partial charge in [-0.15, -0.1) is 28.3 Å². The maximum absolute atomic E-state index is 13.6. The molecule has 1 aromatic carbocycles. The van der Waals surface area contributed by atoms with Crippen molar-refractivity contribution >= 4 is 35.0 Å². The zero-order valence-electron chi connectivity index (χ0n) is 9.74. The molecule has 0 amide bonds. The highest BCUT2D eigenvalue weighted by Gasteiger charge is 2.51. The number of H-pyrrole nitrogens is 1. The first-order valence-electron chi connectivity index (χ1n) is 5.74. The Kier molecular flexibility index (Phi) is 3.45. The van der Waals surface area contributed by atoms with Crippen LogP contribution in [0.1, 0.15) is 6.42 Å². The molecule has 1 atom stereocenters. The van der Waals surface area contributed by atoms with Crippen molar-refractivity contribution in [3.63, 3.8) is 0 Å². The first-order valence-corrected chi connectivity index (χ1v) is 7.48. The molecule has 1 heterocycles. The summed E-state index contributed by atoms with van der Waals surface area (Å²) in [4.78, 5) is 4.26. The van der Waals surface area contributed by atoms with Crippen molar-refractivity contribution in [3.05, 3.63) is 30.1 Å². The Balaban J connectivity index is 1.68. The van der Waals surface area contributed by atoms with Crippen LogP contribution in [0.2, 0.25) is 0 Å². The zero-order chi connectivity index (χ0) is 13.5. The van der Waals surface area contributed by atoms with Gasteiger partial charge in [0, 0.05) is 11.7 Å². The molecule has 1 aliphatic rings. The number of benzene rings is 1. The van der Waals surface area contributed by atoms with E-state index < -0.39 is 4.33 Å². The monoisotopic (exact) mass is 317 g/mol. The number of rotatable bonds is 4. The Morgan fingerprint density at radius 1 is 1.42 bits per heavy atom. The van der Waals surface area contributed by atoms with E-state index >= 15 is 0 Å². The van der Waals surface area contributed by atoms with E-state index in [1.54, 1.807) is 18.2 Å². The van der Waals surface area contributed by atoms with Crippen molar-refractivity contribution in [3.8, 4) is 11.4 Å². The van der Waals surface area contributed by atoms with Crippen LogP contribution in [0.15, 0.2) is 29.4 Å². The van der Waals surface area contributed by atoms with Crippen molar-refractivity contribution < 1.29 is 4.39 Å². The van der Waals surface area contributed by atoms with Gasteiger partial charge >= 0.3 is 0 Å². The largest absolute Gasteiger partial charge is 0.258 e. The Morgan fingerprint density at radius 2 is 2.16 bits per heavy atom.